The van der Waals surface area contributed by atoms with Crippen LogP contribution in [-0.2, 0) is 11.3 Å². The van der Waals surface area contributed by atoms with Gasteiger partial charge in [-0.2, -0.15) is 0 Å². The van der Waals surface area contributed by atoms with Crippen LogP contribution in [0.5, 0.6) is 5.75 Å². The molecule has 4 rings (SSSR count). The van der Waals surface area contributed by atoms with Crippen molar-refractivity contribution >= 4 is 5.91 Å². The molecule has 0 aliphatic carbocycles. The van der Waals surface area contributed by atoms with Gasteiger partial charge in [0.15, 0.2) is 0 Å². The van der Waals surface area contributed by atoms with Gasteiger partial charge >= 0.3 is 0 Å². The highest BCUT2D eigenvalue weighted by molar-refractivity contribution is 5.95. The fraction of sp³-hybridized carbons (Fsp3) is 0.520. The third-order valence-corrected chi connectivity index (χ3v) is 6.37. The second kappa shape index (κ2) is 10.7. The first-order chi connectivity index (χ1) is 15.2. The fourth-order valence-electron chi connectivity index (χ4n) is 4.75. The number of hydrogen-bond donors (Lipinski definition) is 0. The first-order valence-electron chi connectivity index (χ1n) is 11.4. The number of hydrogen-bond acceptors (Lipinski definition) is 5. The molecule has 1 fully saturated rings. The second-order valence-corrected chi connectivity index (χ2v) is 8.45. The topological polar surface area (TPSA) is 54.9 Å². The van der Waals surface area contributed by atoms with Crippen LogP contribution in [0, 0.1) is 0 Å². The number of fused-ring (bicyclic) bond motifs is 3. The van der Waals surface area contributed by atoms with E-state index in [9.17, 15) is 4.79 Å². The van der Waals surface area contributed by atoms with Gasteiger partial charge in [-0.3, -0.25) is 14.7 Å². The number of aromatic nitrogens is 1. The largest absolute Gasteiger partial charge is 0.492 e. The van der Waals surface area contributed by atoms with Crippen LogP contribution in [0.25, 0.3) is 0 Å². The van der Waals surface area contributed by atoms with Crippen molar-refractivity contribution in [3.05, 3.63) is 59.9 Å². The zero-order chi connectivity index (χ0) is 21.5. The zero-order valence-corrected chi connectivity index (χ0v) is 18.4. The molecule has 1 amide bonds. The predicted octanol–water partition coefficient (Wildman–Crippen LogP) is 3.77. The SMILES string of the molecule is CO[C@H]1CCCN2C(=O)c3cccc(c3)OCCN(Cc3ccccn3)CCCC[C@@H]12. The van der Waals surface area contributed by atoms with Gasteiger partial charge < -0.3 is 14.4 Å². The molecule has 2 atom stereocenters. The maximum absolute atomic E-state index is 13.3. The highest BCUT2D eigenvalue weighted by Crippen LogP contribution is 2.27. The standard InChI is InChI=1S/C25H33N3O3/c1-30-24-12-7-15-28-23(24)11-3-5-14-27(19-21-9-2-4-13-26-21)16-17-31-22-10-6-8-20(18-22)25(28)29/h2,4,6,8-10,13,18,23-24H,3,5,7,11-12,14-17,19H2,1H3/t23-,24-/m0/s1. The van der Waals surface area contributed by atoms with E-state index < -0.39 is 0 Å². The van der Waals surface area contributed by atoms with E-state index in [4.69, 9.17) is 9.47 Å². The van der Waals surface area contributed by atoms with Crippen LogP contribution < -0.4 is 4.74 Å². The van der Waals surface area contributed by atoms with Crippen molar-refractivity contribution in [2.45, 2.75) is 50.8 Å². The van der Waals surface area contributed by atoms with E-state index in [0.717, 1.165) is 69.7 Å². The van der Waals surface area contributed by atoms with E-state index in [0.29, 0.717) is 12.2 Å². The van der Waals surface area contributed by atoms with Crippen LogP contribution >= 0.6 is 0 Å². The molecule has 3 heterocycles. The molecule has 1 aromatic carbocycles. The minimum Gasteiger partial charge on any atom is -0.492 e. The number of rotatable bonds is 3. The summed E-state index contributed by atoms with van der Waals surface area (Å²) in [6.07, 6.45) is 7.06. The monoisotopic (exact) mass is 423 g/mol. The second-order valence-electron chi connectivity index (χ2n) is 8.45. The molecule has 166 valence electrons. The molecule has 6 heteroatoms. The molecule has 0 unspecified atom stereocenters. The van der Waals surface area contributed by atoms with Crippen molar-refractivity contribution in [2.75, 3.05) is 33.4 Å². The Morgan fingerprint density at radius 2 is 2.00 bits per heavy atom. The summed E-state index contributed by atoms with van der Waals surface area (Å²) in [7, 11) is 1.77. The summed E-state index contributed by atoms with van der Waals surface area (Å²) >= 11 is 0. The average Bonchev–Trinajstić information content (AvgIpc) is 2.81. The van der Waals surface area contributed by atoms with Gasteiger partial charge in [0.25, 0.3) is 5.91 Å². The number of methoxy groups -OCH3 is 1. The average molecular weight is 424 g/mol. The minimum absolute atomic E-state index is 0.0889. The van der Waals surface area contributed by atoms with E-state index >= 15 is 0 Å². The number of amides is 1. The van der Waals surface area contributed by atoms with Gasteiger partial charge in [-0.05, 0) is 62.6 Å². The smallest absolute Gasteiger partial charge is 0.254 e. The summed E-state index contributed by atoms with van der Waals surface area (Å²) in [6, 6.07) is 13.8. The lowest BCUT2D eigenvalue weighted by Gasteiger charge is -2.41. The molecule has 2 aliphatic heterocycles. The lowest BCUT2D eigenvalue weighted by Crippen LogP contribution is -2.51. The number of nitrogens with zero attached hydrogens (tertiary/aromatic N) is 3. The first kappa shape index (κ1) is 21.8. The molecule has 0 saturated carbocycles. The van der Waals surface area contributed by atoms with Crippen LogP contribution in [0.2, 0.25) is 0 Å². The highest BCUT2D eigenvalue weighted by Gasteiger charge is 2.34. The quantitative estimate of drug-likeness (QED) is 0.752. The third kappa shape index (κ3) is 5.63. The number of carbonyl (C=O) groups is 1. The first-order valence-corrected chi connectivity index (χ1v) is 11.4. The van der Waals surface area contributed by atoms with Crippen molar-refractivity contribution in [3.63, 3.8) is 0 Å². The van der Waals surface area contributed by atoms with Crippen molar-refractivity contribution in [1.82, 2.24) is 14.8 Å². The Bertz CT molecular complexity index is 845. The van der Waals surface area contributed by atoms with Gasteiger partial charge in [0.1, 0.15) is 12.4 Å². The summed E-state index contributed by atoms with van der Waals surface area (Å²) in [5, 5.41) is 0. The molecule has 31 heavy (non-hydrogen) atoms. The maximum atomic E-state index is 13.3. The molecular formula is C25H33N3O3. The third-order valence-electron chi connectivity index (χ3n) is 6.37. The molecule has 1 saturated heterocycles. The number of carbonyl (C=O) groups excluding carboxylic acids is 1. The highest BCUT2D eigenvalue weighted by atomic mass is 16.5. The van der Waals surface area contributed by atoms with Crippen molar-refractivity contribution < 1.29 is 14.3 Å². The van der Waals surface area contributed by atoms with Gasteiger partial charge in [0.2, 0.25) is 0 Å². The Hall–Kier alpha value is -2.44. The lowest BCUT2D eigenvalue weighted by molar-refractivity contribution is -0.0156. The van der Waals surface area contributed by atoms with Crippen molar-refractivity contribution in [2.24, 2.45) is 0 Å². The molecule has 2 bridgehead atoms. The zero-order valence-electron chi connectivity index (χ0n) is 18.4. The molecule has 6 nitrogen and oxygen atoms in total. The number of benzene rings is 1. The Morgan fingerprint density at radius 1 is 1.06 bits per heavy atom. The van der Waals surface area contributed by atoms with Gasteiger partial charge in [0, 0.05) is 38.5 Å². The van der Waals surface area contributed by atoms with Crippen molar-refractivity contribution in [3.8, 4) is 5.75 Å². The Kier molecular flexibility index (Phi) is 7.54. The van der Waals surface area contributed by atoms with E-state index in [2.05, 4.69) is 16.0 Å². The molecule has 1 aromatic heterocycles. The molecule has 0 radical (unpaired) electrons. The molecule has 0 spiro atoms. The summed E-state index contributed by atoms with van der Waals surface area (Å²) < 4.78 is 11.8. The van der Waals surface area contributed by atoms with Crippen LogP contribution in [0.3, 0.4) is 0 Å². The normalized spacial score (nSPS) is 23.5. The number of ether oxygens (including phenoxy) is 2. The van der Waals surface area contributed by atoms with Gasteiger partial charge in [-0.15, -0.1) is 0 Å². The van der Waals surface area contributed by atoms with Crippen molar-refractivity contribution in [1.29, 1.82) is 0 Å². The lowest BCUT2D eigenvalue weighted by atomic mass is 9.93. The van der Waals surface area contributed by atoms with Crippen LogP contribution in [-0.4, -0.2) is 66.2 Å². The van der Waals surface area contributed by atoms with E-state index in [-0.39, 0.29) is 18.1 Å². The fourth-order valence-corrected chi connectivity index (χ4v) is 4.75. The predicted molar refractivity (Wildman–Crippen MR) is 120 cm³/mol. The number of pyridine rings is 1. The van der Waals surface area contributed by atoms with Crippen LogP contribution in [0.4, 0.5) is 0 Å². The van der Waals surface area contributed by atoms with Crippen LogP contribution in [0.1, 0.15) is 48.2 Å². The Balaban J connectivity index is 1.53. The summed E-state index contributed by atoms with van der Waals surface area (Å²) in [5.74, 6) is 0.837. The van der Waals surface area contributed by atoms with Crippen LogP contribution in [0.15, 0.2) is 48.7 Å². The molecule has 2 aliphatic rings. The Morgan fingerprint density at radius 3 is 2.84 bits per heavy atom. The van der Waals surface area contributed by atoms with E-state index in [1.807, 2.05) is 47.5 Å². The molecule has 0 N–H and O–H groups in total. The summed E-state index contributed by atoms with van der Waals surface area (Å²) in [4.78, 5) is 22.3. The number of piperidine rings is 1. The van der Waals surface area contributed by atoms with Gasteiger partial charge in [-0.25, -0.2) is 0 Å². The molecule has 2 aromatic rings. The minimum atomic E-state index is 0.0889. The van der Waals surface area contributed by atoms with Gasteiger partial charge in [0.05, 0.1) is 17.8 Å². The Labute approximate surface area is 185 Å². The van der Waals surface area contributed by atoms with E-state index in [1.54, 1.807) is 7.11 Å². The van der Waals surface area contributed by atoms with Gasteiger partial charge in [-0.1, -0.05) is 18.6 Å². The summed E-state index contributed by atoms with van der Waals surface area (Å²) in [6.45, 7) is 4.01. The van der Waals surface area contributed by atoms with E-state index in [1.165, 1.54) is 0 Å². The summed E-state index contributed by atoms with van der Waals surface area (Å²) in [5.41, 5.74) is 1.77. The molecular weight excluding hydrogens is 390 g/mol. The maximum Gasteiger partial charge on any atom is 0.254 e.